The van der Waals surface area contributed by atoms with Crippen molar-refractivity contribution >= 4 is 17.4 Å². The van der Waals surface area contributed by atoms with E-state index in [0.29, 0.717) is 60.3 Å². The molecule has 0 saturated carbocycles. The summed E-state index contributed by atoms with van der Waals surface area (Å²) in [6.07, 6.45) is 0.667. The number of carbonyl (C=O) groups is 2. The van der Waals surface area contributed by atoms with E-state index < -0.39 is 17.7 Å². The lowest BCUT2D eigenvalue weighted by molar-refractivity contribution is -0.139. The van der Waals surface area contributed by atoms with Gasteiger partial charge in [-0.25, -0.2) is 0 Å². The summed E-state index contributed by atoms with van der Waals surface area (Å²) in [5.41, 5.74) is 1.08. The molecule has 8 nitrogen and oxygen atoms in total. The fourth-order valence-corrected chi connectivity index (χ4v) is 4.73. The summed E-state index contributed by atoms with van der Waals surface area (Å²) in [5, 5.41) is 11.4. The first-order chi connectivity index (χ1) is 18.4. The first-order valence-electron chi connectivity index (χ1n) is 12.6. The molecule has 0 aliphatic carbocycles. The standard InChI is InChI=1S/C30H30N2O6/c1-31(2)14-7-15-32-27(20-8-6-11-23(18-20)38-22-9-4-3-5-10-22)26(29(34)30(32)35)28(33)21-12-13-24-25(19-21)37-17-16-36-24/h3-6,8-13,18-19,27,33H,7,14-17H2,1-2H3/t27-/m0/s1. The number of amides is 1. The highest BCUT2D eigenvalue weighted by atomic mass is 16.6. The van der Waals surface area contributed by atoms with Gasteiger partial charge >= 0.3 is 0 Å². The van der Waals surface area contributed by atoms with Gasteiger partial charge < -0.3 is 29.1 Å². The van der Waals surface area contributed by atoms with Gasteiger partial charge in [0.15, 0.2) is 11.5 Å². The maximum absolute atomic E-state index is 13.4. The van der Waals surface area contributed by atoms with Gasteiger partial charge in [0.1, 0.15) is 30.5 Å². The van der Waals surface area contributed by atoms with Crippen LogP contribution in [0.4, 0.5) is 0 Å². The fourth-order valence-electron chi connectivity index (χ4n) is 4.73. The molecule has 0 unspecified atom stereocenters. The molecule has 1 fully saturated rings. The average Bonchev–Trinajstić information content (AvgIpc) is 3.18. The maximum Gasteiger partial charge on any atom is 0.295 e. The van der Waals surface area contributed by atoms with Crippen molar-refractivity contribution in [2.75, 3.05) is 40.4 Å². The van der Waals surface area contributed by atoms with E-state index in [4.69, 9.17) is 14.2 Å². The number of fused-ring (bicyclic) bond motifs is 1. The summed E-state index contributed by atoms with van der Waals surface area (Å²) < 4.78 is 17.3. The van der Waals surface area contributed by atoms with Crippen LogP contribution in [0.15, 0.2) is 78.4 Å². The Balaban J connectivity index is 1.56. The van der Waals surface area contributed by atoms with Crippen LogP contribution in [0.25, 0.3) is 5.76 Å². The molecular weight excluding hydrogens is 484 g/mol. The van der Waals surface area contributed by atoms with Gasteiger partial charge in [-0.15, -0.1) is 0 Å². The summed E-state index contributed by atoms with van der Waals surface area (Å²) in [6.45, 7) is 1.93. The van der Waals surface area contributed by atoms with E-state index in [1.54, 1.807) is 24.3 Å². The molecule has 2 aliphatic rings. The Morgan fingerprint density at radius 2 is 1.68 bits per heavy atom. The van der Waals surface area contributed by atoms with E-state index in [0.717, 1.165) is 6.54 Å². The number of likely N-dealkylation sites (tertiary alicyclic amines) is 1. The number of ether oxygens (including phenoxy) is 3. The van der Waals surface area contributed by atoms with Crippen molar-refractivity contribution in [1.82, 2.24) is 9.80 Å². The second kappa shape index (κ2) is 11.0. The van der Waals surface area contributed by atoms with E-state index in [9.17, 15) is 14.7 Å². The predicted molar refractivity (Wildman–Crippen MR) is 143 cm³/mol. The van der Waals surface area contributed by atoms with Gasteiger partial charge in [0.25, 0.3) is 11.7 Å². The van der Waals surface area contributed by atoms with Gasteiger partial charge in [0.05, 0.1) is 11.6 Å². The van der Waals surface area contributed by atoms with Gasteiger partial charge in [-0.3, -0.25) is 9.59 Å². The number of aliphatic hydroxyl groups excluding tert-OH is 1. The quantitative estimate of drug-likeness (QED) is 0.267. The van der Waals surface area contributed by atoms with Crippen molar-refractivity contribution in [2.24, 2.45) is 0 Å². The topological polar surface area (TPSA) is 88.5 Å². The normalized spacial score (nSPS) is 18.2. The Morgan fingerprint density at radius 3 is 2.45 bits per heavy atom. The highest BCUT2D eigenvalue weighted by Crippen LogP contribution is 2.42. The Morgan fingerprint density at radius 1 is 0.947 bits per heavy atom. The summed E-state index contributed by atoms with van der Waals surface area (Å²) in [7, 11) is 3.91. The number of para-hydroxylation sites is 1. The molecule has 2 aliphatic heterocycles. The summed E-state index contributed by atoms with van der Waals surface area (Å²) >= 11 is 0. The van der Waals surface area contributed by atoms with Gasteiger partial charge in [-0.2, -0.15) is 0 Å². The summed E-state index contributed by atoms with van der Waals surface area (Å²) in [5.74, 6) is 0.668. The molecule has 8 heteroatoms. The molecule has 1 saturated heterocycles. The van der Waals surface area contributed by atoms with Crippen LogP contribution in [0.3, 0.4) is 0 Å². The van der Waals surface area contributed by atoms with Crippen LogP contribution in [0.1, 0.15) is 23.6 Å². The second-order valence-electron chi connectivity index (χ2n) is 9.50. The smallest absolute Gasteiger partial charge is 0.295 e. The highest BCUT2D eigenvalue weighted by molar-refractivity contribution is 6.46. The molecule has 5 rings (SSSR count). The van der Waals surface area contributed by atoms with Gasteiger partial charge in [-0.05, 0) is 75.1 Å². The SMILES string of the molecule is CN(C)CCCN1C(=O)C(=O)C(=C(O)c2ccc3c(c2)OCCO3)[C@@H]1c1cccc(Oc2ccccc2)c1. The third-order valence-corrected chi connectivity index (χ3v) is 6.51. The number of ketones is 1. The molecule has 0 bridgehead atoms. The van der Waals surface area contributed by atoms with Crippen LogP contribution >= 0.6 is 0 Å². The Hall–Kier alpha value is -4.30. The van der Waals surface area contributed by atoms with Crippen molar-refractivity contribution in [2.45, 2.75) is 12.5 Å². The van der Waals surface area contributed by atoms with E-state index in [1.807, 2.05) is 67.5 Å². The zero-order valence-corrected chi connectivity index (χ0v) is 21.4. The first-order valence-corrected chi connectivity index (χ1v) is 12.6. The van der Waals surface area contributed by atoms with E-state index >= 15 is 0 Å². The number of benzene rings is 3. The molecule has 2 heterocycles. The molecule has 3 aromatic carbocycles. The van der Waals surface area contributed by atoms with Crippen molar-refractivity contribution in [1.29, 1.82) is 0 Å². The molecule has 38 heavy (non-hydrogen) atoms. The molecule has 0 radical (unpaired) electrons. The molecule has 196 valence electrons. The number of hydrogen-bond acceptors (Lipinski definition) is 7. The van der Waals surface area contributed by atoms with Crippen LogP contribution in [0.2, 0.25) is 0 Å². The van der Waals surface area contributed by atoms with Gasteiger partial charge in [0, 0.05) is 12.1 Å². The minimum atomic E-state index is -0.773. The lowest BCUT2D eigenvalue weighted by atomic mass is 9.95. The molecule has 1 atom stereocenters. The van der Waals surface area contributed by atoms with E-state index in [-0.39, 0.29) is 11.3 Å². The average molecular weight is 515 g/mol. The molecule has 3 aromatic rings. The first kappa shape index (κ1) is 25.4. The number of nitrogens with zero attached hydrogens (tertiary/aromatic N) is 2. The van der Waals surface area contributed by atoms with Crippen molar-refractivity contribution in [3.05, 3.63) is 89.5 Å². The van der Waals surface area contributed by atoms with Gasteiger partial charge in [0.2, 0.25) is 0 Å². The molecule has 0 spiro atoms. The lowest BCUT2D eigenvalue weighted by Crippen LogP contribution is -2.32. The number of Topliss-reactive ketones (excluding diaryl/α,β-unsaturated/α-hetero) is 1. The molecule has 1 amide bonds. The summed E-state index contributed by atoms with van der Waals surface area (Å²) in [4.78, 5) is 30.2. The molecular formula is C30H30N2O6. The molecule has 1 N–H and O–H groups in total. The second-order valence-corrected chi connectivity index (χ2v) is 9.50. The number of rotatable bonds is 8. The van der Waals surface area contributed by atoms with Crippen LogP contribution in [-0.4, -0.2) is 67.0 Å². The number of carbonyl (C=O) groups excluding carboxylic acids is 2. The Bertz CT molecular complexity index is 1370. The Labute approximate surface area is 221 Å². The van der Waals surface area contributed by atoms with Crippen molar-refractivity contribution in [3.8, 4) is 23.0 Å². The predicted octanol–water partition coefficient (Wildman–Crippen LogP) is 4.62. The van der Waals surface area contributed by atoms with Crippen LogP contribution in [-0.2, 0) is 9.59 Å². The lowest BCUT2D eigenvalue weighted by Gasteiger charge is -2.26. The zero-order valence-electron chi connectivity index (χ0n) is 21.4. The third-order valence-electron chi connectivity index (χ3n) is 6.51. The van der Waals surface area contributed by atoms with Crippen molar-refractivity contribution in [3.63, 3.8) is 0 Å². The number of hydrogen-bond donors (Lipinski definition) is 1. The maximum atomic E-state index is 13.4. The van der Waals surface area contributed by atoms with E-state index in [1.165, 1.54) is 4.90 Å². The van der Waals surface area contributed by atoms with Crippen LogP contribution in [0.5, 0.6) is 23.0 Å². The third kappa shape index (κ3) is 5.21. The van der Waals surface area contributed by atoms with Crippen molar-refractivity contribution < 1.29 is 28.9 Å². The highest BCUT2D eigenvalue weighted by Gasteiger charge is 2.46. The van der Waals surface area contributed by atoms with Crippen LogP contribution in [0, 0.1) is 0 Å². The van der Waals surface area contributed by atoms with Crippen LogP contribution < -0.4 is 14.2 Å². The minimum absolute atomic E-state index is 0.0355. The largest absolute Gasteiger partial charge is 0.507 e. The summed E-state index contributed by atoms with van der Waals surface area (Å²) in [6, 6.07) is 20.9. The Kier molecular flexibility index (Phi) is 7.33. The zero-order chi connectivity index (χ0) is 26.6. The monoisotopic (exact) mass is 514 g/mol. The van der Waals surface area contributed by atoms with Gasteiger partial charge in [-0.1, -0.05) is 30.3 Å². The van der Waals surface area contributed by atoms with E-state index in [2.05, 4.69) is 0 Å². The fraction of sp³-hybridized carbons (Fsp3) is 0.267. The number of aliphatic hydroxyl groups is 1. The molecule has 0 aromatic heterocycles. The minimum Gasteiger partial charge on any atom is -0.507 e.